The lowest BCUT2D eigenvalue weighted by Crippen LogP contribution is -2.54. The number of aliphatic hydroxyl groups is 1. The van der Waals surface area contributed by atoms with Crippen molar-refractivity contribution in [1.29, 1.82) is 0 Å². The molecule has 0 radical (unpaired) electrons. The van der Waals surface area contributed by atoms with E-state index in [1.165, 1.54) is 17.1 Å². The maximum atomic E-state index is 13.5. The number of sulfonamides is 1. The van der Waals surface area contributed by atoms with E-state index in [1.807, 2.05) is 44.2 Å². The van der Waals surface area contributed by atoms with Crippen LogP contribution in [-0.4, -0.2) is 80.0 Å². The molecule has 2 aliphatic heterocycles. The number of fused-ring (bicyclic) bond motifs is 3. The quantitative estimate of drug-likeness (QED) is 0.236. The fourth-order valence-corrected chi connectivity index (χ4v) is 7.65. The zero-order valence-electron chi connectivity index (χ0n) is 25.8. The molecule has 244 valence electrons. The van der Waals surface area contributed by atoms with Gasteiger partial charge in [0, 0.05) is 37.9 Å². The van der Waals surface area contributed by atoms with E-state index in [0.29, 0.717) is 48.9 Å². The summed E-state index contributed by atoms with van der Waals surface area (Å²) in [6.45, 7) is 6.52. The van der Waals surface area contributed by atoms with Crippen LogP contribution >= 0.6 is 0 Å². The molecule has 45 heavy (non-hydrogen) atoms. The van der Waals surface area contributed by atoms with Crippen LogP contribution in [0.3, 0.4) is 0 Å². The number of amides is 1. The molecular weight excluding hydrogens is 600 g/mol. The molecule has 1 amide bonds. The summed E-state index contributed by atoms with van der Waals surface area (Å²) in [4.78, 5) is 20.2. The Morgan fingerprint density at radius 1 is 1.16 bits per heavy atom. The van der Waals surface area contributed by atoms with Crippen molar-refractivity contribution in [3.63, 3.8) is 0 Å². The first-order valence-corrected chi connectivity index (χ1v) is 17.1. The van der Waals surface area contributed by atoms with Crippen molar-refractivity contribution in [3.8, 4) is 0 Å². The number of benzene rings is 2. The summed E-state index contributed by atoms with van der Waals surface area (Å²) in [7, 11) is -4.03. The molecule has 3 N–H and O–H groups in total. The number of aliphatic hydroxyl groups excluding tert-OH is 1. The molecule has 3 bridgehead atoms. The number of carbonyl (C=O) groups is 1. The predicted molar refractivity (Wildman–Crippen MR) is 164 cm³/mol. The number of nitrogens with one attached hydrogen (secondary N) is 2. The van der Waals surface area contributed by atoms with Gasteiger partial charge in [0.25, 0.3) is 10.0 Å². The van der Waals surface area contributed by atoms with Gasteiger partial charge in [0.05, 0.1) is 29.8 Å². The van der Waals surface area contributed by atoms with Crippen molar-refractivity contribution in [2.45, 2.75) is 82.0 Å². The zero-order chi connectivity index (χ0) is 31.7. The van der Waals surface area contributed by atoms with Crippen molar-refractivity contribution in [2.75, 3.05) is 19.7 Å². The minimum atomic E-state index is -4.03. The van der Waals surface area contributed by atoms with Crippen LogP contribution < -0.4 is 10.1 Å². The van der Waals surface area contributed by atoms with E-state index in [1.54, 1.807) is 13.0 Å². The van der Waals surface area contributed by atoms with Crippen molar-refractivity contribution >= 4 is 27.2 Å². The van der Waals surface area contributed by atoms with Gasteiger partial charge in [-0.3, -0.25) is 0 Å². The summed E-state index contributed by atoms with van der Waals surface area (Å²) in [5.41, 5.74) is 1.83. The molecule has 3 aliphatic rings. The number of nitrogens with zero attached hydrogens (tertiary/aromatic N) is 2. The third-order valence-electron chi connectivity index (χ3n) is 8.86. The Morgan fingerprint density at radius 3 is 2.73 bits per heavy atom. The van der Waals surface area contributed by atoms with Crippen LogP contribution in [0.1, 0.15) is 44.6 Å². The average Bonchev–Trinajstić information content (AvgIpc) is 3.52. The Kier molecular flexibility index (Phi) is 9.46. The van der Waals surface area contributed by atoms with E-state index in [4.69, 9.17) is 18.6 Å². The lowest BCUT2D eigenvalue weighted by atomic mass is 9.78. The molecule has 7 atom stereocenters. The summed E-state index contributed by atoms with van der Waals surface area (Å²) in [5, 5.41) is 15.9. The molecule has 1 aliphatic carbocycles. The molecule has 2 aromatic carbocycles. The molecule has 6 rings (SSSR count). The number of aromatic nitrogens is 1. The second kappa shape index (κ2) is 13.3. The van der Waals surface area contributed by atoms with E-state index < -0.39 is 34.4 Å². The van der Waals surface area contributed by atoms with Crippen molar-refractivity contribution in [1.82, 2.24) is 20.1 Å². The van der Waals surface area contributed by atoms with Crippen molar-refractivity contribution < 1.29 is 36.9 Å². The van der Waals surface area contributed by atoms with E-state index in [2.05, 4.69) is 15.1 Å². The van der Waals surface area contributed by atoms with Gasteiger partial charge >= 0.3 is 6.09 Å². The molecule has 2 saturated heterocycles. The minimum Gasteiger partial charge on any atom is -0.443 e. The molecule has 5 unspecified atom stereocenters. The number of rotatable bonds is 13. The van der Waals surface area contributed by atoms with Crippen molar-refractivity contribution in [3.05, 3.63) is 60.0 Å². The third kappa shape index (κ3) is 7.50. The lowest BCUT2D eigenvalue weighted by molar-refractivity contribution is -0.153. The number of hydrogen-bond donors (Lipinski definition) is 3. The third-order valence-corrected chi connectivity index (χ3v) is 10.2. The summed E-state index contributed by atoms with van der Waals surface area (Å²) in [5.74, 6) is 1.13. The standard InChI is InChI=1S/C32H42N4O8S/c1-19(2)11-12-36(35-45(39,40)24-9-10-25-28(16-24)42-20(3)33-25)17-27(37)26(13-21-7-5-4-6-8-21)34-32(38)44-30-23-14-22-15-29(30)43-31(22)41-18-23/h4-10,16,19,22-23,26-27,29-31,35,37H,11-15,17-18H2,1-3H3,(H,34,38)/t22?,23?,26-,27+,29?,30?,31?/m0/s1. The molecule has 3 heterocycles. The lowest BCUT2D eigenvalue weighted by Gasteiger charge is -2.37. The number of aryl methyl sites for hydroxylation is 1. The Labute approximate surface area is 263 Å². The van der Waals surface area contributed by atoms with Gasteiger partial charge < -0.3 is 29.1 Å². The van der Waals surface area contributed by atoms with Crippen LogP contribution in [0.2, 0.25) is 0 Å². The van der Waals surface area contributed by atoms with Crippen LogP contribution in [0.25, 0.3) is 11.1 Å². The zero-order valence-corrected chi connectivity index (χ0v) is 26.6. The highest BCUT2D eigenvalue weighted by Gasteiger charge is 2.53. The van der Waals surface area contributed by atoms with E-state index >= 15 is 0 Å². The minimum absolute atomic E-state index is 0.0136. The van der Waals surface area contributed by atoms with Crippen molar-refractivity contribution in [2.24, 2.45) is 17.8 Å². The van der Waals surface area contributed by atoms with E-state index in [-0.39, 0.29) is 35.7 Å². The Hall–Kier alpha value is -3.07. The number of alkyl carbamates (subject to hydrolysis) is 1. The fourth-order valence-electron chi connectivity index (χ4n) is 6.53. The SMILES string of the molecule is Cc1nc2ccc(S(=O)(=O)NN(CCC(C)C)C[C@@H](O)[C@H](Cc3ccccc3)NC(=O)OC3C4COC5OC3CC5C4)cc2o1. The first kappa shape index (κ1) is 31.9. The largest absolute Gasteiger partial charge is 0.443 e. The van der Waals surface area contributed by atoms with Gasteiger partial charge in [-0.15, -0.1) is 4.83 Å². The first-order valence-electron chi connectivity index (χ1n) is 15.6. The van der Waals surface area contributed by atoms with Crippen LogP contribution in [0.15, 0.2) is 57.8 Å². The summed E-state index contributed by atoms with van der Waals surface area (Å²) in [6, 6.07) is 13.2. The first-order chi connectivity index (χ1) is 21.5. The van der Waals surface area contributed by atoms with Crippen LogP contribution in [-0.2, 0) is 30.7 Å². The molecule has 12 nitrogen and oxygen atoms in total. The van der Waals surface area contributed by atoms with Gasteiger partial charge in [-0.2, -0.15) is 0 Å². The highest BCUT2D eigenvalue weighted by atomic mass is 32.2. The summed E-state index contributed by atoms with van der Waals surface area (Å²) >= 11 is 0. The van der Waals surface area contributed by atoms with Gasteiger partial charge in [-0.25, -0.2) is 23.2 Å². The fraction of sp³-hybridized carbons (Fsp3) is 0.562. The van der Waals surface area contributed by atoms with Gasteiger partial charge in [-0.1, -0.05) is 44.2 Å². The van der Waals surface area contributed by atoms with Crippen LogP contribution in [0.5, 0.6) is 0 Å². The average molecular weight is 643 g/mol. The van der Waals surface area contributed by atoms with Crippen LogP contribution in [0, 0.1) is 24.7 Å². The normalized spacial score (nSPS) is 25.6. The number of hydrogen-bond acceptors (Lipinski definition) is 10. The number of hydrazine groups is 1. The number of oxazole rings is 1. The van der Waals surface area contributed by atoms with Gasteiger partial charge in [-0.05, 0) is 49.3 Å². The maximum absolute atomic E-state index is 13.5. The Balaban J connectivity index is 1.17. The molecule has 3 aromatic rings. The second-order valence-electron chi connectivity index (χ2n) is 12.8. The molecule has 13 heteroatoms. The second-order valence-corrected chi connectivity index (χ2v) is 14.5. The number of ether oxygens (including phenoxy) is 3. The molecule has 1 saturated carbocycles. The molecule has 1 aromatic heterocycles. The summed E-state index contributed by atoms with van der Waals surface area (Å²) < 4.78 is 50.2. The Morgan fingerprint density at radius 2 is 1.96 bits per heavy atom. The van der Waals surface area contributed by atoms with Gasteiger partial charge in [0.15, 0.2) is 17.8 Å². The van der Waals surface area contributed by atoms with E-state index in [0.717, 1.165) is 18.4 Å². The van der Waals surface area contributed by atoms with Gasteiger partial charge in [0.1, 0.15) is 11.6 Å². The van der Waals surface area contributed by atoms with Crippen LogP contribution in [0.4, 0.5) is 4.79 Å². The van der Waals surface area contributed by atoms with Gasteiger partial charge in [0.2, 0.25) is 0 Å². The molecule has 3 fully saturated rings. The topological polar surface area (TPSA) is 152 Å². The monoisotopic (exact) mass is 642 g/mol. The molecular formula is C32H42N4O8S. The highest BCUT2D eigenvalue weighted by molar-refractivity contribution is 7.89. The highest BCUT2D eigenvalue weighted by Crippen LogP contribution is 2.46. The van der Waals surface area contributed by atoms with E-state index in [9.17, 15) is 18.3 Å². The maximum Gasteiger partial charge on any atom is 0.407 e. The Bertz CT molecular complexity index is 1570. The smallest absolute Gasteiger partial charge is 0.407 e. The predicted octanol–water partition coefficient (Wildman–Crippen LogP) is 3.53. The molecule has 0 spiro atoms. The number of carbonyl (C=O) groups excluding carboxylic acids is 1. The summed E-state index contributed by atoms with van der Waals surface area (Å²) in [6.07, 6.45) is 0.0124.